The lowest BCUT2D eigenvalue weighted by Crippen LogP contribution is -2.40. The number of anilines is 1. The second kappa shape index (κ2) is 11.9. The Bertz CT molecular complexity index is 1790. The zero-order chi connectivity index (χ0) is 29.1. The molecule has 0 N–H and O–H groups in total. The zero-order valence-electron chi connectivity index (χ0n) is 23.6. The summed E-state index contributed by atoms with van der Waals surface area (Å²) < 4.78 is 18.6. The highest BCUT2D eigenvalue weighted by Gasteiger charge is 2.35. The molecule has 0 spiro atoms. The number of methoxy groups -OCH3 is 2. The van der Waals surface area contributed by atoms with E-state index in [0.29, 0.717) is 32.1 Å². The molecule has 0 radical (unpaired) electrons. The number of rotatable bonds is 8. The van der Waals surface area contributed by atoms with Gasteiger partial charge in [0.25, 0.3) is 5.56 Å². The molecule has 210 valence electrons. The number of esters is 1. The highest BCUT2D eigenvalue weighted by molar-refractivity contribution is 7.07. The van der Waals surface area contributed by atoms with E-state index in [9.17, 15) is 9.59 Å². The van der Waals surface area contributed by atoms with Crippen LogP contribution in [0.3, 0.4) is 0 Å². The summed E-state index contributed by atoms with van der Waals surface area (Å²) in [6.07, 6.45) is 1.85. The Morgan fingerprint density at radius 1 is 1.00 bits per heavy atom. The fourth-order valence-electron chi connectivity index (χ4n) is 4.80. The van der Waals surface area contributed by atoms with Gasteiger partial charge < -0.3 is 19.1 Å². The minimum atomic E-state index is -0.807. The minimum Gasteiger partial charge on any atom is -0.493 e. The third-order valence-electron chi connectivity index (χ3n) is 6.80. The largest absolute Gasteiger partial charge is 0.493 e. The van der Waals surface area contributed by atoms with Crippen LogP contribution >= 0.6 is 11.3 Å². The van der Waals surface area contributed by atoms with Crippen LogP contribution < -0.4 is 29.3 Å². The normalized spacial score (nSPS) is 14.8. The van der Waals surface area contributed by atoms with Crippen LogP contribution in [0.1, 0.15) is 29.7 Å². The molecule has 4 aromatic rings. The quantitative estimate of drug-likeness (QED) is 0.298. The first kappa shape index (κ1) is 27.9. The average Bonchev–Trinajstić information content (AvgIpc) is 3.30. The van der Waals surface area contributed by atoms with Gasteiger partial charge in [-0.3, -0.25) is 9.36 Å². The van der Waals surface area contributed by atoms with Crippen molar-refractivity contribution in [2.45, 2.75) is 13.0 Å². The summed E-state index contributed by atoms with van der Waals surface area (Å²) in [6, 6.07) is 22.0. The van der Waals surface area contributed by atoms with Crippen molar-refractivity contribution in [3.05, 3.63) is 115 Å². The number of hydrogen-bond acceptors (Lipinski definition) is 8. The van der Waals surface area contributed by atoms with Gasteiger partial charge in [-0.05, 0) is 48.4 Å². The van der Waals surface area contributed by atoms with E-state index in [1.54, 1.807) is 37.8 Å². The van der Waals surface area contributed by atoms with E-state index < -0.39 is 12.0 Å². The van der Waals surface area contributed by atoms with Gasteiger partial charge in [-0.2, -0.15) is 0 Å². The highest BCUT2D eigenvalue weighted by Crippen LogP contribution is 2.38. The first-order valence-corrected chi connectivity index (χ1v) is 14.0. The molecule has 0 aliphatic carbocycles. The maximum absolute atomic E-state index is 14.1. The number of fused-ring (bicyclic) bond motifs is 1. The average molecular weight is 570 g/mol. The fraction of sp³-hybridized carbons (Fsp3) is 0.219. The Kier molecular flexibility index (Phi) is 8.07. The van der Waals surface area contributed by atoms with Crippen LogP contribution in [-0.2, 0) is 9.53 Å². The molecule has 1 aliphatic heterocycles. The lowest BCUT2D eigenvalue weighted by Gasteiger charge is -2.26. The van der Waals surface area contributed by atoms with Crippen molar-refractivity contribution < 1.29 is 19.0 Å². The van der Waals surface area contributed by atoms with Gasteiger partial charge in [-0.1, -0.05) is 59.9 Å². The van der Waals surface area contributed by atoms with Crippen LogP contribution in [0, 0.1) is 0 Å². The maximum Gasteiger partial charge on any atom is 0.338 e. The van der Waals surface area contributed by atoms with Gasteiger partial charge in [0.15, 0.2) is 16.3 Å². The molecule has 2 heterocycles. The summed E-state index contributed by atoms with van der Waals surface area (Å²) in [5.41, 5.74) is 3.85. The zero-order valence-corrected chi connectivity index (χ0v) is 24.4. The summed E-state index contributed by atoms with van der Waals surface area (Å²) >= 11 is 1.28. The number of nitrogens with zero attached hydrogens (tertiary/aromatic N) is 3. The molecule has 1 aliphatic rings. The topological polar surface area (TPSA) is 82.4 Å². The second-order valence-corrected chi connectivity index (χ2v) is 10.5. The number of carbonyl (C=O) groups is 1. The smallest absolute Gasteiger partial charge is 0.338 e. The van der Waals surface area contributed by atoms with Crippen LogP contribution in [0.4, 0.5) is 5.69 Å². The predicted octanol–water partition coefficient (Wildman–Crippen LogP) is 4.02. The van der Waals surface area contributed by atoms with Crippen molar-refractivity contribution in [2.24, 2.45) is 4.99 Å². The number of hydrogen-bond donors (Lipinski definition) is 0. The van der Waals surface area contributed by atoms with Gasteiger partial charge in [-0.25, -0.2) is 9.79 Å². The molecule has 5 rings (SSSR count). The Labute approximate surface area is 242 Å². The molecule has 1 atom stereocenters. The lowest BCUT2D eigenvalue weighted by atomic mass is 9.93. The Morgan fingerprint density at radius 2 is 1.71 bits per heavy atom. The van der Waals surface area contributed by atoms with E-state index in [2.05, 4.69) is 0 Å². The van der Waals surface area contributed by atoms with Crippen molar-refractivity contribution >= 4 is 34.8 Å². The standard InChI is InChI=1S/C32H31N3O5S/c1-6-40-31(37)27-28(21-10-8-7-9-11-21)33-32-35(29(27)22-14-17-24(38-4)25(19-22)39-5)30(36)26(41-32)18-20-12-15-23(16-13-20)34(2)3/h7-19,29H,6H2,1-5H3/b26-18-/t29-/m1/s1. The number of aromatic nitrogens is 1. The van der Waals surface area contributed by atoms with E-state index in [-0.39, 0.29) is 17.7 Å². The van der Waals surface area contributed by atoms with Gasteiger partial charge in [0.05, 0.1) is 42.7 Å². The van der Waals surface area contributed by atoms with Gasteiger partial charge >= 0.3 is 5.97 Å². The third-order valence-corrected chi connectivity index (χ3v) is 7.79. The van der Waals surface area contributed by atoms with Crippen LogP contribution in [0.15, 0.2) is 88.2 Å². The molecule has 0 amide bonds. The van der Waals surface area contributed by atoms with E-state index in [1.165, 1.54) is 11.3 Å². The van der Waals surface area contributed by atoms with Crippen LogP contribution in [0.5, 0.6) is 11.5 Å². The van der Waals surface area contributed by atoms with E-state index in [0.717, 1.165) is 16.8 Å². The Morgan fingerprint density at radius 3 is 2.34 bits per heavy atom. The SMILES string of the molecule is CCOC(=O)C1=C(c2ccccc2)N=c2s/c(=C\c3ccc(N(C)C)cc3)c(=O)n2[C@@H]1c1ccc(OC)c(OC)c1. The molecule has 9 heteroatoms. The van der Waals surface area contributed by atoms with Crippen LogP contribution in [0.25, 0.3) is 11.8 Å². The second-order valence-electron chi connectivity index (χ2n) is 9.53. The molecular weight excluding hydrogens is 538 g/mol. The monoisotopic (exact) mass is 569 g/mol. The summed E-state index contributed by atoms with van der Waals surface area (Å²) in [6.45, 7) is 1.93. The molecule has 3 aromatic carbocycles. The molecule has 0 saturated heterocycles. The van der Waals surface area contributed by atoms with E-state index >= 15 is 0 Å². The van der Waals surface area contributed by atoms with Crippen molar-refractivity contribution in [3.63, 3.8) is 0 Å². The van der Waals surface area contributed by atoms with Gasteiger partial charge in [0, 0.05) is 25.3 Å². The molecule has 8 nitrogen and oxygen atoms in total. The van der Waals surface area contributed by atoms with Crippen molar-refractivity contribution in [2.75, 3.05) is 39.8 Å². The van der Waals surface area contributed by atoms with E-state index in [1.807, 2.05) is 85.7 Å². The molecule has 0 bridgehead atoms. The molecule has 1 aromatic heterocycles. The van der Waals surface area contributed by atoms with Gasteiger partial charge in [0.1, 0.15) is 0 Å². The van der Waals surface area contributed by atoms with Gasteiger partial charge in [0.2, 0.25) is 0 Å². The van der Waals surface area contributed by atoms with Crippen molar-refractivity contribution in [1.82, 2.24) is 4.57 Å². The van der Waals surface area contributed by atoms with Crippen LogP contribution in [-0.4, -0.2) is 45.5 Å². The van der Waals surface area contributed by atoms with Crippen LogP contribution in [0.2, 0.25) is 0 Å². The first-order valence-electron chi connectivity index (χ1n) is 13.1. The number of carbonyl (C=O) groups excluding carboxylic acids is 1. The fourth-order valence-corrected chi connectivity index (χ4v) is 5.80. The number of benzene rings is 3. The maximum atomic E-state index is 14.1. The third kappa shape index (κ3) is 5.40. The summed E-state index contributed by atoms with van der Waals surface area (Å²) in [4.78, 5) is 35.1. The molecule has 41 heavy (non-hydrogen) atoms. The molecule has 0 fully saturated rings. The predicted molar refractivity (Wildman–Crippen MR) is 161 cm³/mol. The van der Waals surface area contributed by atoms with E-state index in [4.69, 9.17) is 19.2 Å². The molecule has 0 saturated carbocycles. The summed E-state index contributed by atoms with van der Waals surface area (Å²) in [5.74, 6) is 0.479. The Balaban J connectivity index is 1.80. The summed E-state index contributed by atoms with van der Waals surface area (Å²) in [7, 11) is 7.06. The van der Waals surface area contributed by atoms with Crippen molar-refractivity contribution in [3.8, 4) is 11.5 Å². The highest BCUT2D eigenvalue weighted by atomic mass is 32.1. The Hall–Kier alpha value is -4.63. The molecular formula is C32H31N3O5S. The number of thiazole rings is 1. The lowest BCUT2D eigenvalue weighted by molar-refractivity contribution is -0.138. The summed E-state index contributed by atoms with van der Waals surface area (Å²) in [5, 5.41) is 0. The minimum absolute atomic E-state index is 0.177. The van der Waals surface area contributed by atoms with Crippen molar-refractivity contribution in [1.29, 1.82) is 0 Å². The van der Waals surface area contributed by atoms with Gasteiger partial charge in [-0.15, -0.1) is 0 Å². The molecule has 0 unspecified atom stereocenters. The number of ether oxygens (including phenoxy) is 3. The first-order chi connectivity index (χ1) is 19.9.